The van der Waals surface area contributed by atoms with Crippen molar-refractivity contribution in [1.82, 2.24) is 0 Å². The van der Waals surface area contributed by atoms with Crippen LogP contribution in [0.25, 0.3) is 0 Å². The van der Waals surface area contributed by atoms with Crippen molar-refractivity contribution in [2.45, 2.75) is 96.0 Å². The zero-order valence-electron chi connectivity index (χ0n) is 19.5. The maximum Gasteiger partial charge on any atom is 0.0912 e. The molecular formula is C29H41NO. The van der Waals surface area contributed by atoms with Gasteiger partial charge in [-0.15, -0.1) is 0 Å². The summed E-state index contributed by atoms with van der Waals surface area (Å²) < 4.78 is 6.36. The van der Waals surface area contributed by atoms with Crippen molar-refractivity contribution in [3.05, 3.63) is 59.7 Å². The van der Waals surface area contributed by atoms with Gasteiger partial charge in [0.15, 0.2) is 0 Å². The van der Waals surface area contributed by atoms with Crippen LogP contribution in [0.4, 0.5) is 0 Å². The highest BCUT2D eigenvalue weighted by atomic mass is 16.5. The molecule has 0 bridgehead atoms. The zero-order valence-corrected chi connectivity index (χ0v) is 19.5. The summed E-state index contributed by atoms with van der Waals surface area (Å²) in [5.74, 6) is 2.13. The van der Waals surface area contributed by atoms with Crippen LogP contribution >= 0.6 is 0 Å². The number of ether oxygens (including phenoxy) is 1. The molecule has 0 saturated heterocycles. The monoisotopic (exact) mass is 419 g/mol. The number of allylic oxidation sites excluding steroid dienone is 4. The van der Waals surface area contributed by atoms with E-state index in [0.29, 0.717) is 12.0 Å². The minimum absolute atomic E-state index is 0.471. The van der Waals surface area contributed by atoms with Gasteiger partial charge in [0.25, 0.3) is 0 Å². The first-order valence-electron chi connectivity index (χ1n) is 12.7. The number of nitrogens with zero attached hydrogens (tertiary/aromatic N) is 1. The molecule has 0 aromatic heterocycles. The molecule has 31 heavy (non-hydrogen) atoms. The lowest BCUT2D eigenvalue weighted by Crippen LogP contribution is -2.25. The normalized spacial score (nSPS) is 27.0. The lowest BCUT2D eigenvalue weighted by atomic mass is 9.81. The molecule has 0 aliphatic heterocycles. The average molecular weight is 420 g/mol. The van der Waals surface area contributed by atoms with Crippen LogP contribution in [0.3, 0.4) is 0 Å². The lowest BCUT2D eigenvalue weighted by molar-refractivity contribution is -0.00337. The largest absolute Gasteiger partial charge is 0.378 e. The summed E-state index contributed by atoms with van der Waals surface area (Å²) in [6.07, 6.45) is 23.4. The van der Waals surface area contributed by atoms with Gasteiger partial charge in [-0.25, -0.2) is 0 Å². The van der Waals surface area contributed by atoms with Crippen LogP contribution in [0, 0.1) is 23.2 Å². The molecule has 2 nitrogen and oxygen atoms in total. The van der Waals surface area contributed by atoms with Gasteiger partial charge in [0.05, 0.1) is 12.2 Å². The van der Waals surface area contributed by atoms with Gasteiger partial charge in [0.2, 0.25) is 0 Å². The first kappa shape index (κ1) is 23.8. The summed E-state index contributed by atoms with van der Waals surface area (Å²) in [5, 5.41) is 8.54. The maximum atomic E-state index is 8.54. The average Bonchev–Trinajstić information content (AvgIpc) is 2.82. The minimum Gasteiger partial charge on any atom is -0.378 e. The Balaban J connectivity index is 1.31. The Kier molecular flexibility index (Phi) is 10.4. The van der Waals surface area contributed by atoms with Crippen LogP contribution in [-0.2, 0) is 11.2 Å². The number of rotatable bonds is 10. The molecule has 1 aromatic carbocycles. The first-order valence-corrected chi connectivity index (χ1v) is 12.7. The maximum absolute atomic E-state index is 8.54. The molecule has 2 saturated carbocycles. The quantitative estimate of drug-likeness (QED) is 0.219. The molecule has 0 spiro atoms. The second-order valence-electron chi connectivity index (χ2n) is 9.66. The van der Waals surface area contributed by atoms with Gasteiger partial charge in [0, 0.05) is 12.7 Å². The third-order valence-electron chi connectivity index (χ3n) is 7.32. The molecule has 2 heteroatoms. The summed E-state index contributed by atoms with van der Waals surface area (Å²) in [5.41, 5.74) is 3.03. The van der Waals surface area contributed by atoms with E-state index in [-0.39, 0.29) is 0 Å². The number of hydrogen-bond acceptors (Lipinski definition) is 2. The van der Waals surface area contributed by atoms with Crippen molar-refractivity contribution >= 4 is 0 Å². The van der Waals surface area contributed by atoms with Crippen molar-refractivity contribution in [1.29, 1.82) is 5.26 Å². The van der Waals surface area contributed by atoms with Gasteiger partial charge in [-0.3, -0.25) is 0 Å². The van der Waals surface area contributed by atoms with E-state index >= 15 is 0 Å². The summed E-state index contributed by atoms with van der Waals surface area (Å²) in [7, 11) is 0. The summed E-state index contributed by atoms with van der Waals surface area (Å²) >= 11 is 0. The fraction of sp³-hybridized carbons (Fsp3) is 0.621. The predicted molar refractivity (Wildman–Crippen MR) is 130 cm³/mol. The van der Waals surface area contributed by atoms with Gasteiger partial charge >= 0.3 is 0 Å². The molecule has 0 radical (unpaired) electrons. The third kappa shape index (κ3) is 8.30. The predicted octanol–water partition coefficient (Wildman–Crippen LogP) is 7.90. The molecule has 3 rings (SSSR count). The van der Waals surface area contributed by atoms with Crippen LogP contribution in [0.5, 0.6) is 0 Å². The van der Waals surface area contributed by atoms with E-state index in [1.165, 1.54) is 94.3 Å². The fourth-order valence-electron chi connectivity index (χ4n) is 5.24. The number of unbranched alkanes of at least 4 members (excludes halogenated alkanes) is 2. The van der Waals surface area contributed by atoms with Gasteiger partial charge in [-0.1, -0.05) is 62.3 Å². The molecule has 2 fully saturated rings. The lowest BCUT2D eigenvalue weighted by Gasteiger charge is -2.32. The Morgan fingerprint density at radius 1 is 0.935 bits per heavy atom. The first-order chi connectivity index (χ1) is 15.3. The smallest absolute Gasteiger partial charge is 0.0912 e. The molecule has 0 unspecified atom stereocenters. The molecule has 2 aliphatic carbocycles. The van der Waals surface area contributed by atoms with Crippen molar-refractivity contribution in [2.75, 3.05) is 6.61 Å². The van der Waals surface area contributed by atoms with E-state index in [1.807, 2.05) is 18.2 Å². The standard InChI is InChI=1S/C29H41NO/c1-2-3-5-8-25-14-16-27(17-15-25)28-18-20-29(21-19-28)31-23-26-12-10-24(11-13-26)9-6-4-7-22-30/h4,6-7,9,14-17,24,26,28-29H,2-3,5,8,10-13,18-21,23H2,1H3/b7-4+,9-6+. The molecule has 168 valence electrons. The summed E-state index contributed by atoms with van der Waals surface area (Å²) in [4.78, 5) is 0. The molecule has 0 heterocycles. The minimum atomic E-state index is 0.471. The summed E-state index contributed by atoms with van der Waals surface area (Å²) in [6.45, 7) is 3.22. The fourth-order valence-corrected chi connectivity index (χ4v) is 5.24. The SMILES string of the molecule is CCCCCc1ccc(C2CCC(OCC3CCC(/C=C/C=C/C#N)CC3)CC2)cc1. The Labute approximate surface area is 190 Å². The van der Waals surface area contributed by atoms with Crippen LogP contribution in [0.1, 0.15) is 94.6 Å². The van der Waals surface area contributed by atoms with Crippen LogP contribution in [0.2, 0.25) is 0 Å². The van der Waals surface area contributed by atoms with E-state index < -0.39 is 0 Å². The molecule has 0 amide bonds. The van der Waals surface area contributed by atoms with E-state index in [1.54, 1.807) is 0 Å². The van der Waals surface area contributed by atoms with Crippen LogP contribution in [0.15, 0.2) is 48.6 Å². The van der Waals surface area contributed by atoms with E-state index in [0.717, 1.165) is 18.4 Å². The number of aryl methyl sites for hydroxylation is 1. The Morgan fingerprint density at radius 3 is 2.35 bits per heavy atom. The Morgan fingerprint density at radius 2 is 1.68 bits per heavy atom. The topological polar surface area (TPSA) is 33.0 Å². The van der Waals surface area contributed by atoms with Crippen molar-refractivity contribution in [3.8, 4) is 6.07 Å². The van der Waals surface area contributed by atoms with Crippen molar-refractivity contribution in [2.24, 2.45) is 11.8 Å². The molecule has 0 atom stereocenters. The molecule has 2 aliphatic rings. The van der Waals surface area contributed by atoms with E-state index in [9.17, 15) is 0 Å². The highest BCUT2D eigenvalue weighted by Gasteiger charge is 2.25. The number of benzene rings is 1. The summed E-state index contributed by atoms with van der Waals surface area (Å²) in [6, 6.07) is 11.5. The number of nitriles is 1. The molecular weight excluding hydrogens is 378 g/mol. The van der Waals surface area contributed by atoms with Gasteiger partial charge in [-0.05, 0) is 93.1 Å². The Hall–Kier alpha value is -1.85. The van der Waals surface area contributed by atoms with Gasteiger partial charge in [-0.2, -0.15) is 5.26 Å². The van der Waals surface area contributed by atoms with Gasteiger partial charge in [0.1, 0.15) is 0 Å². The van der Waals surface area contributed by atoms with E-state index in [4.69, 9.17) is 10.00 Å². The second kappa shape index (κ2) is 13.5. The highest BCUT2D eigenvalue weighted by molar-refractivity contribution is 5.26. The van der Waals surface area contributed by atoms with Crippen molar-refractivity contribution in [3.63, 3.8) is 0 Å². The Bertz CT molecular complexity index is 710. The zero-order chi connectivity index (χ0) is 21.7. The third-order valence-corrected chi connectivity index (χ3v) is 7.32. The van der Waals surface area contributed by atoms with Crippen LogP contribution < -0.4 is 0 Å². The highest BCUT2D eigenvalue weighted by Crippen LogP contribution is 2.35. The van der Waals surface area contributed by atoms with Crippen LogP contribution in [-0.4, -0.2) is 12.7 Å². The van der Waals surface area contributed by atoms with E-state index in [2.05, 4.69) is 37.3 Å². The number of hydrogen-bond donors (Lipinski definition) is 0. The van der Waals surface area contributed by atoms with Crippen molar-refractivity contribution < 1.29 is 4.74 Å². The molecule has 1 aromatic rings. The van der Waals surface area contributed by atoms with Gasteiger partial charge < -0.3 is 4.74 Å². The second-order valence-corrected chi connectivity index (χ2v) is 9.66. The molecule has 0 N–H and O–H groups in total.